The van der Waals surface area contributed by atoms with Gasteiger partial charge >= 0.3 is 0 Å². The fourth-order valence-electron chi connectivity index (χ4n) is 3.56. The number of anilines is 1. The number of rotatable bonds is 3. The van der Waals surface area contributed by atoms with Crippen molar-refractivity contribution in [3.05, 3.63) is 24.1 Å². The molecular formula is C17H25FN4O2. The Balaban J connectivity index is 1.72. The Morgan fingerprint density at radius 3 is 3.00 bits per heavy atom. The molecule has 6 nitrogen and oxygen atoms in total. The van der Waals surface area contributed by atoms with Crippen molar-refractivity contribution in [2.24, 2.45) is 0 Å². The minimum absolute atomic E-state index is 0.115. The second-order valence-electron chi connectivity index (χ2n) is 6.92. The van der Waals surface area contributed by atoms with E-state index in [1.807, 2.05) is 28.8 Å². The standard InChI is InChI=1S/C17H25FN4O2/c1-20(2)11-15(23)21-9-10-24-17(12-21)6-4-8-22(13-17)16-14(18)5-3-7-19-16/h3,5,7H,4,6,8-13H2,1-2H3. The Morgan fingerprint density at radius 2 is 2.25 bits per heavy atom. The van der Waals surface area contributed by atoms with Crippen LogP contribution in [0.25, 0.3) is 0 Å². The smallest absolute Gasteiger partial charge is 0.236 e. The highest BCUT2D eigenvalue weighted by atomic mass is 19.1. The third-order valence-electron chi connectivity index (χ3n) is 4.63. The summed E-state index contributed by atoms with van der Waals surface area (Å²) < 4.78 is 20.1. The first-order chi connectivity index (χ1) is 11.5. The summed E-state index contributed by atoms with van der Waals surface area (Å²) in [6, 6.07) is 3.02. The van der Waals surface area contributed by atoms with Crippen LogP contribution in [0.5, 0.6) is 0 Å². The molecule has 0 bridgehead atoms. The quantitative estimate of drug-likeness (QED) is 0.824. The molecule has 0 radical (unpaired) electrons. The maximum Gasteiger partial charge on any atom is 0.236 e. The number of piperidine rings is 1. The monoisotopic (exact) mass is 336 g/mol. The number of carbonyl (C=O) groups excluding carboxylic acids is 1. The van der Waals surface area contributed by atoms with Crippen LogP contribution in [-0.2, 0) is 9.53 Å². The number of pyridine rings is 1. The van der Waals surface area contributed by atoms with Gasteiger partial charge < -0.3 is 19.4 Å². The molecule has 0 aliphatic carbocycles. The summed E-state index contributed by atoms with van der Waals surface area (Å²) in [5.41, 5.74) is -0.428. The number of nitrogens with zero attached hydrogens (tertiary/aromatic N) is 4. The van der Waals surface area contributed by atoms with Crippen molar-refractivity contribution in [2.45, 2.75) is 18.4 Å². The second kappa shape index (κ2) is 7.03. The summed E-state index contributed by atoms with van der Waals surface area (Å²) >= 11 is 0. The van der Waals surface area contributed by atoms with Crippen LogP contribution >= 0.6 is 0 Å². The van der Waals surface area contributed by atoms with Gasteiger partial charge in [0, 0.05) is 19.3 Å². The zero-order chi connectivity index (χ0) is 17.2. The van der Waals surface area contributed by atoms with Crippen LogP contribution in [0, 0.1) is 5.82 Å². The maximum atomic E-state index is 14.1. The predicted octanol–water partition coefficient (Wildman–Crippen LogP) is 0.980. The van der Waals surface area contributed by atoms with E-state index in [0.717, 1.165) is 19.4 Å². The first-order valence-electron chi connectivity index (χ1n) is 8.41. The molecule has 7 heteroatoms. The van der Waals surface area contributed by atoms with Crippen molar-refractivity contribution < 1.29 is 13.9 Å². The Kier molecular flexibility index (Phi) is 5.01. The Morgan fingerprint density at radius 1 is 1.42 bits per heavy atom. The third-order valence-corrected chi connectivity index (χ3v) is 4.63. The molecule has 1 aromatic rings. The molecule has 132 valence electrons. The van der Waals surface area contributed by atoms with Crippen molar-refractivity contribution in [2.75, 3.05) is 58.3 Å². The normalized spacial score (nSPS) is 24.7. The molecule has 2 fully saturated rings. The molecule has 2 aliphatic rings. The van der Waals surface area contributed by atoms with Crippen LogP contribution in [0.1, 0.15) is 12.8 Å². The molecule has 1 amide bonds. The Bertz CT molecular complexity index is 594. The summed E-state index contributed by atoms with van der Waals surface area (Å²) in [4.78, 5) is 22.3. The zero-order valence-electron chi connectivity index (χ0n) is 14.4. The highest BCUT2D eigenvalue weighted by Gasteiger charge is 2.42. The topological polar surface area (TPSA) is 48.9 Å². The van der Waals surface area contributed by atoms with Crippen LogP contribution in [0.3, 0.4) is 0 Å². The van der Waals surface area contributed by atoms with Crippen molar-refractivity contribution in [3.8, 4) is 0 Å². The summed E-state index contributed by atoms with van der Waals surface area (Å²) in [6.45, 7) is 3.42. The molecule has 1 spiro atoms. The van der Waals surface area contributed by atoms with Crippen LogP contribution in [0.15, 0.2) is 18.3 Å². The predicted molar refractivity (Wildman–Crippen MR) is 89.5 cm³/mol. The maximum absolute atomic E-state index is 14.1. The molecule has 2 aliphatic heterocycles. The summed E-state index contributed by atoms with van der Waals surface area (Å²) in [7, 11) is 3.78. The highest BCUT2D eigenvalue weighted by Crippen LogP contribution is 2.31. The lowest BCUT2D eigenvalue weighted by molar-refractivity contribution is -0.152. The minimum atomic E-state index is -0.428. The van der Waals surface area contributed by atoms with Gasteiger partial charge in [-0.3, -0.25) is 4.79 Å². The van der Waals surface area contributed by atoms with E-state index in [1.54, 1.807) is 12.3 Å². The van der Waals surface area contributed by atoms with Gasteiger partial charge in [0.1, 0.15) is 5.60 Å². The van der Waals surface area contributed by atoms with E-state index < -0.39 is 5.60 Å². The van der Waals surface area contributed by atoms with E-state index in [4.69, 9.17) is 4.74 Å². The number of hydrogen-bond acceptors (Lipinski definition) is 5. The van der Waals surface area contributed by atoms with Crippen molar-refractivity contribution in [1.82, 2.24) is 14.8 Å². The van der Waals surface area contributed by atoms with E-state index in [1.165, 1.54) is 6.07 Å². The number of halogens is 1. The number of amides is 1. The average molecular weight is 336 g/mol. The van der Waals surface area contributed by atoms with Crippen molar-refractivity contribution in [3.63, 3.8) is 0 Å². The van der Waals surface area contributed by atoms with Gasteiger partial charge in [-0.2, -0.15) is 0 Å². The van der Waals surface area contributed by atoms with E-state index in [-0.39, 0.29) is 11.7 Å². The summed E-state index contributed by atoms with van der Waals surface area (Å²) in [6.07, 6.45) is 3.38. The first kappa shape index (κ1) is 17.1. The van der Waals surface area contributed by atoms with Gasteiger partial charge in [-0.15, -0.1) is 0 Å². The number of aromatic nitrogens is 1. The Hall–Kier alpha value is -1.73. The van der Waals surface area contributed by atoms with Crippen LogP contribution < -0.4 is 4.90 Å². The van der Waals surface area contributed by atoms with Gasteiger partial charge in [0.25, 0.3) is 0 Å². The molecule has 1 unspecified atom stereocenters. The molecule has 1 aromatic heterocycles. The number of likely N-dealkylation sites (N-methyl/N-ethyl adjacent to an activating group) is 1. The number of ether oxygens (including phenoxy) is 1. The van der Waals surface area contributed by atoms with Crippen LogP contribution in [-0.4, -0.2) is 79.7 Å². The number of carbonyl (C=O) groups is 1. The highest BCUT2D eigenvalue weighted by molar-refractivity contribution is 5.78. The molecule has 3 rings (SSSR count). The lowest BCUT2D eigenvalue weighted by atomic mass is 9.90. The number of morpholine rings is 1. The molecule has 0 saturated carbocycles. The molecule has 3 heterocycles. The van der Waals surface area contributed by atoms with Gasteiger partial charge in [-0.25, -0.2) is 9.37 Å². The van der Waals surface area contributed by atoms with Crippen LogP contribution in [0.4, 0.5) is 10.2 Å². The fraction of sp³-hybridized carbons (Fsp3) is 0.647. The molecule has 0 aromatic carbocycles. The van der Waals surface area contributed by atoms with Gasteiger partial charge in [-0.05, 0) is 39.1 Å². The molecule has 2 saturated heterocycles. The van der Waals surface area contributed by atoms with E-state index in [9.17, 15) is 9.18 Å². The van der Waals surface area contributed by atoms with Gasteiger partial charge in [-0.1, -0.05) is 0 Å². The second-order valence-corrected chi connectivity index (χ2v) is 6.92. The zero-order valence-corrected chi connectivity index (χ0v) is 14.4. The number of hydrogen-bond donors (Lipinski definition) is 0. The molecule has 1 atom stereocenters. The molecule has 0 N–H and O–H groups in total. The SMILES string of the molecule is CN(C)CC(=O)N1CCOC2(CCCN(c3ncccc3F)C2)C1. The van der Waals surface area contributed by atoms with Gasteiger partial charge in [0.15, 0.2) is 11.6 Å². The van der Waals surface area contributed by atoms with Crippen molar-refractivity contribution in [1.29, 1.82) is 0 Å². The first-order valence-corrected chi connectivity index (χ1v) is 8.41. The lowest BCUT2D eigenvalue weighted by Crippen LogP contribution is -2.61. The molecular weight excluding hydrogens is 311 g/mol. The van der Waals surface area contributed by atoms with E-state index in [0.29, 0.717) is 38.6 Å². The lowest BCUT2D eigenvalue weighted by Gasteiger charge is -2.48. The van der Waals surface area contributed by atoms with E-state index >= 15 is 0 Å². The largest absolute Gasteiger partial charge is 0.369 e. The van der Waals surface area contributed by atoms with Gasteiger partial charge in [0.2, 0.25) is 5.91 Å². The average Bonchev–Trinajstić information content (AvgIpc) is 2.55. The molecule has 24 heavy (non-hydrogen) atoms. The summed E-state index contributed by atoms with van der Waals surface area (Å²) in [5, 5.41) is 0. The van der Waals surface area contributed by atoms with Gasteiger partial charge in [0.05, 0.1) is 26.2 Å². The summed E-state index contributed by atoms with van der Waals surface area (Å²) in [5.74, 6) is 0.173. The van der Waals surface area contributed by atoms with Crippen molar-refractivity contribution >= 4 is 11.7 Å². The van der Waals surface area contributed by atoms with Crippen LogP contribution in [0.2, 0.25) is 0 Å². The third kappa shape index (κ3) is 3.67. The Labute approximate surface area is 142 Å². The minimum Gasteiger partial charge on any atom is -0.369 e. The fourth-order valence-corrected chi connectivity index (χ4v) is 3.56. The van der Waals surface area contributed by atoms with E-state index in [2.05, 4.69) is 4.98 Å².